The van der Waals surface area contributed by atoms with Crippen LogP contribution in [0.1, 0.15) is 0 Å². The summed E-state index contributed by atoms with van der Waals surface area (Å²) >= 11 is 0. The van der Waals surface area contributed by atoms with Gasteiger partial charge in [-0.15, -0.1) is 0 Å². The van der Waals surface area contributed by atoms with E-state index >= 15 is 0 Å². The normalized spacial score (nSPS) is 12.0. The van der Waals surface area contributed by atoms with Gasteiger partial charge in [0.25, 0.3) is 0 Å². The smallest absolute Gasteiger partial charge is 0.326 e. The van der Waals surface area contributed by atoms with Gasteiger partial charge in [0.2, 0.25) is 0 Å². The van der Waals surface area contributed by atoms with Gasteiger partial charge in [-0.2, -0.15) is 0 Å². The predicted molar refractivity (Wildman–Crippen MR) is 47.5 cm³/mol. The van der Waals surface area contributed by atoms with Crippen LogP contribution < -0.4 is 0 Å². The summed E-state index contributed by atoms with van der Waals surface area (Å²) in [5.41, 5.74) is 0. The SMILES string of the molecule is C[Si](C)(C)O.C[Si](C)(O)O. The van der Waals surface area contributed by atoms with Crippen molar-refractivity contribution in [3.05, 3.63) is 0 Å². The molecule has 0 saturated heterocycles. The van der Waals surface area contributed by atoms with Crippen molar-refractivity contribution in [2.45, 2.75) is 32.7 Å². The molecule has 0 unspecified atom stereocenters. The van der Waals surface area contributed by atoms with Crippen molar-refractivity contribution < 1.29 is 14.4 Å². The van der Waals surface area contributed by atoms with E-state index in [-0.39, 0.29) is 0 Å². The third-order valence-corrected chi connectivity index (χ3v) is 0. The first-order valence-corrected chi connectivity index (χ1v) is 9.51. The van der Waals surface area contributed by atoms with Gasteiger partial charge in [0, 0.05) is 0 Å². The number of rotatable bonds is 0. The molecule has 3 nitrogen and oxygen atoms in total. The summed E-state index contributed by atoms with van der Waals surface area (Å²) in [5, 5.41) is 0. The van der Waals surface area contributed by atoms with Gasteiger partial charge >= 0.3 is 8.56 Å². The number of hydrogen-bond acceptors (Lipinski definition) is 3. The molecule has 0 aliphatic carbocycles. The lowest BCUT2D eigenvalue weighted by Crippen LogP contribution is -2.23. The van der Waals surface area contributed by atoms with Gasteiger partial charge in [0.15, 0.2) is 8.32 Å². The summed E-state index contributed by atoms with van der Waals surface area (Å²) in [6.07, 6.45) is 0. The zero-order valence-electron chi connectivity index (χ0n) is 7.34. The van der Waals surface area contributed by atoms with Crippen molar-refractivity contribution in [3.63, 3.8) is 0 Å². The Bertz CT molecular complexity index is 57.9. The van der Waals surface area contributed by atoms with Crippen LogP contribution in [0.3, 0.4) is 0 Å². The molecule has 0 fully saturated rings. The summed E-state index contributed by atoms with van der Waals surface area (Å²) < 4.78 is 0. The van der Waals surface area contributed by atoms with Gasteiger partial charge in [-0.05, 0) is 32.7 Å². The van der Waals surface area contributed by atoms with Gasteiger partial charge < -0.3 is 14.4 Å². The van der Waals surface area contributed by atoms with Crippen molar-refractivity contribution in [1.82, 2.24) is 0 Å². The second-order valence-corrected chi connectivity index (χ2v) is 11.0. The fourth-order valence-electron chi connectivity index (χ4n) is 0. The van der Waals surface area contributed by atoms with E-state index in [1.54, 1.807) is 0 Å². The first kappa shape index (κ1) is 12.9. The molecule has 0 spiro atoms. The molecule has 64 valence electrons. The highest BCUT2D eigenvalue weighted by Crippen LogP contribution is 1.88. The molecule has 0 saturated carbocycles. The second kappa shape index (κ2) is 4.25. The lowest BCUT2D eigenvalue weighted by molar-refractivity contribution is 0.382. The fraction of sp³-hybridized carbons (Fsp3) is 1.00. The van der Waals surface area contributed by atoms with Crippen LogP contribution in [0.2, 0.25) is 32.7 Å². The molecule has 0 aromatic carbocycles. The summed E-state index contributed by atoms with van der Waals surface area (Å²) in [5.74, 6) is 0. The largest absolute Gasteiger partial charge is 0.433 e. The molecule has 0 amide bonds. The van der Waals surface area contributed by atoms with E-state index in [2.05, 4.69) is 0 Å². The van der Waals surface area contributed by atoms with Crippen LogP contribution in [0, 0.1) is 0 Å². The van der Waals surface area contributed by atoms with Gasteiger partial charge in [0.05, 0.1) is 0 Å². The minimum Gasteiger partial charge on any atom is -0.433 e. The van der Waals surface area contributed by atoms with Crippen molar-refractivity contribution in [2.24, 2.45) is 0 Å². The first-order valence-electron chi connectivity index (χ1n) is 3.17. The molecule has 5 heteroatoms. The molecule has 0 radical (unpaired) electrons. The van der Waals surface area contributed by atoms with E-state index in [9.17, 15) is 0 Å². The monoisotopic (exact) mass is 182 g/mol. The Balaban J connectivity index is 0. The average molecular weight is 182 g/mol. The quantitative estimate of drug-likeness (QED) is 0.478. The van der Waals surface area contributed by atoms with E-state index in [1.807, 2.05) is 19.6 Å². The van der Waals surface area contributed by atoms with Crippen molar-refractivity contribution in [3.8, 4) is 0 Å². The van der Waals surface area contributed by atoms with Gasteiger partial charge in [-0.25, -0.2) is 0 Å². The van der Waals surface area contributed by atoms with E-state index in [0.29, 0.717) is 0 Å². The Morgan fingerprint density at radius 3 is 0.700 bits per heavy atom. The molecule has 0 aromatic heterocycles. The summed E-state index contributed by atoms with van der Waals surface area (Å²) in [7, 11) is -4.22. The Hall–Kier alpha value is 0.314. The number of hydrogen-bond donors (Lipinski definition) is 3. The van der Waals surface area contributed by atoms with Gasteiger partial charge in [-0.1, -0.05) is 0 Å². The fourth-order valence-corrected chi connectivity index (χ4v) is 0. The molecule has 0 aliphatic heterocycles. The highest BCUT2D eigenvalue weighted by atomic mass is 28.4. The highest BCUT2D eigenvalue weighted by Gasteiger charge is 2.08. The van der Waals surface area contributed by atoms with Crippen LogP contribution in [-0.2, 0) is 0 Å². The van der Waals surface area contributed by atoms with E-state index in [0.717, 1.165) is 0 Å². The summed E-state index contributed by atoms with van der Waals surface area (Å²) in [6.45, 7) is 8.52. The first-order chi connectivity index (χ1) is 4.00. The molecule has 3 N–H and O–H groups in total. The standard InChI is InChI=1S/C3H10OSi.C2H8O2Si/c2*1-5(2,3)4/h4H,1-3H3;3-4H,1-2H3. The summed E-state index contributed by atoms with van der Waals surface area (Å²) in [4.78, 5) is 25.1. The Kier molecular flexibility index (Phi) is 5.50. The van der Waals surface area contributed by atoms with Crippen LogP contribution in [0.25, 0.3) is 0 Å². The third kappa shape index (κ3) is 4520. The molecular weight excluding hydrogens is 164 g/mol. The molecule has 0 rings (SSSR count). The van der Waals surface area contributed by atoms with Crippen molar-refractivity contribution >= 4 is 16.9 Å². The molecule has 0 aromatic rings. The molecule has 0 bridgehead atoms. The van der Waals surface area contributed by atoms with Crippen LogP contribution >= 0.6 is 0 Å². The van der Waals surface area contributed by atoms with E-state index < -0.39 is 16.9 Å². The molecule has 10 heavy (non-hydrogen) atoms. The average Bonchev–Trinajstić information content (AvgIpc) is 1.12. The third-order valence-electron chi connectivity index (χ3n) is 0. The van der Waals surface area contributed by atoms with Crippen molar-refractivity contribution in [1.29, 1.82) is 0 Å². The maximum atomic E-state index is 8.66. The topological polar surface area (TPSA) is 60.7 Å². The maximum absolute atomic E-state index is 8.66. The minimum atomic E-state index is -2.61. The van der Waals surface area contributed by atoms with Crippen molar-refractivity contribution in [2.75, 3.05) is 0 Å². The summed E-state index contributed by atoms with van der Waals surface area (Å²) in [6, 6.07) is 0. The van der Waals surface area contributed by atoms with Crippen LogP contribution in [0.5, 0.6) is 0 Å². The maximum Gasteiger partial charge on any atom is 0.326 e. The molecule has 0 aliphatic rings. The van der Waals surface area contributed by atoms with E-state index in [4.69, 9.17) is 14.4 Å². The lowest BCUT2D eigenvalue weighted by Gasteiger charge is -2.00. The van der Waals surface area contributed by atoms with Crippen LogP contribution in [-0.4, -0.2) is 31.3 Å². The van der Waals surface area contributed by atoms with E-state index in [1.165, 1.54) is 13.1 Å². The molecular formula is C5H18O3Si2. The molecule has 0 heterocycles. The van der Waals surface area contributed by atoms with Gasteiger partial charge in [-0.3, -0.25) is 0 Å². The molecule has 0 atom stereocenters. The minimum absolute atomic E-state index is 1.44. The van der Waals surface area contributed by atoms with Crippen LogP contribution in [0.4, 0.5) is 0 Å². The predicted octanol–water partition coefficient (Wildman–Crippen LogP) is 0.486. The zero-order valence-corrected chi connectivity index (χ0v) is 9.34. The Labute approximate surface area is 64.7 Å². The highest BCUT2D eigenvalue weighted by molar-refractivity contribution is 6.68. The van der Waals surface area contributed by atoms with Gasteiger partial charge in [0.1, 0.15) is 0 Å². The Morgan fingerprint density at radius 2 is 0.700 bits per heavy atom. The van der Waals surface area contributed by atoms with Crippen LogP contribution in [0.15, 0.2) is 0 Å². The Morgan fingerprint density at radius 1 is 0.700 bits per heavy atom. The zero-order chi connectivity index (χ0) is 9.00. The lowest BCUT2D eigenvalue weighted by atomic mass is 11.8. The second-order valence-electron chi connectivity index (χ2n) is 3.67.